The third-order valence-electron chi connectivity index (χ3n) is 5.69. The van der Waals surface area contributed by atoms with Crippen LogP contribution in [0.3, 0.4) is 0 Å². The lowest BCUT2D eigenvalue weighted by molar-refractivity contribution is -0.120. The molecule has 0 aliphatic rings. The number of halogens is 1. The molecular formula is C28H23BrN2OS. The van der Waals surface area contributed by atoms with Crippen molar-refractivity contribution in [2.75, 3.05) is 12.3 Å². The Hall–Kier alpha value is -3.02. The van der Waals surface area contributed by atoms with Gasteiger partial charge < -0.3 is 10.3 Å². The maximum atomic E-state index is 12.6. The van der Waals surface area contributed by atoms with E-state index in [0.29, 0.717) is 13.0 Å². The van der Waals surface area contributed by atoms with Gasteiger partial charge in [-0.05, 0) is 40.1 Å². The van der Waals surface area contributed by atoms with Crippen LogP contribution in [0.2, 0.25) is 0 Å². The zero-order valence-electron chi connectivity index (χ0n) is 18.0. The number of aromatic amines is 1. The summed E-state index contributed by atoms with van der Waals surface area (Å²) in [5, 5.41) is 6.61. The Morgan fingerprint density at radius 1 is 0.848 bits per heavy atom. The highest BCUT2D eigenvalue weighted by Crippen LogP contribution is 2.37. The molecule has 0 aliphatic heterocycles. The number of carbonyl (C=O) groups excluding carboxylic acids is 1. The third kappa shape index (κ3) is 4.85. The normalized spacial score (nSPS) is 11.2. The summed E-state index contributed by atoms with van der Waals surface area (Å²) in [6.07, 6.45) is 0.392. The van der Waals surface area contributed by atoms with E-state index in [-0.39, 0.29) is 5.91 Å². The minimum atomic E-state index is 0.0546. The molecule has 1 aromatic heterocycles. The molecule has 0 saturated heterocycles. The van der Waals surface area contributed by atoms with Crippen molar-refractivity contribution in [2.45, 2.75) is 11.3 Å². The zero-order valence-corrected chi connectivity index (χ0v) is 20.4. The van der Waals surface area contributed by atoms with Crippen LogP contribution in [0, 0.1) is 0 Å². The van der Waals surface area contributed by atoms with Crippen molar-refractivity contribution in [3.8, 4) is 11.3 Å². The summed E-state index contributed by atoms with van der Waals surface area (Å²) in [4.78, 5) is 17.4. The number of fused-ring (bicyclic) bond motifs is 2. The summed E-state index contributed by atoms with van der Waals surface area (Å²) < 4.78 is 1.06. The standard InChI is InChI=1S/C28H23BrN2OS/c29-22-14-12-20(13-15-22)27-28(24-10-3-4-11-25(24)31-27)33-17-16-30-26(32)18-21-8-5-7-19-6-1-2-9-23(19)21/h1-15,31H,16-18H2,(H,30,32). The second-order valence-electron chi connectivity index (χ2n) is 7.90. The van der Waals surface area contributed by atoms with E-state index in [1.165, 1.54) is 10.3 Å². The molecular weight excluding hydrogens is 492 g/mol. The van der Waals surface area contributed by atoms with Crippen LogP contribution < -0.4 is 5.32 Å². The van der Waals surface area contributed by atoms with E-state index in [1.807, 2.05) is 30.3 Å². The van der Waals surface area contributed by atoms with Crippen molar-refractivity contribution < 1.29 is 4.79 Å². The predicted molar refractivity (Wildman–Crippen MR) is 143 cm³/mol. The van der Waals surface area contributed by atoms with Crippen LogP contribution >= 0.6 is 27.7 Å². The average Bonchev–Trinajstić information content (AvgIpc) is 3.21. The van der Waals surface area contributed by atoms with Crippen LogP contribution in [-0.4, -0.2) is 23.2 Å². The number of H-pyrrole nitrogens is 1. The van der Waals surface area contributed by atoms with E-state index in [2.05, 4.69) is 86.9 Å². The molecule has 0 saturated carbocycles. The molecule has 0 spiro atoms. The smallest absolute Gasteiger partial charge is 0.224 e. The summed E-state index contributed by atoms with van der Waals surface area (Å²) in [5.41, 5.74) is 4.46. The number of carbonyl (C=O) groups is 1. The fourth-order valence-electron chi connectivity index (χ4n) is 4.11. The van der Waals surface area contributed by atoms with E-state index in [4.69, 9.17) is 0 Å². The van der Waals surface area contributed by atoms with Gasteiger partial charge >= 0.3 is 0 Å². The number of benzene rings is 4. The monoisotopic (exact) mass is 514 g/mol. The third-order valence-corrected chi connectivity index (χ3v) is 7.34. The Labute approximate surface area is 205 Å². The number of hydrogen-bond donors (Lipinski definition) is 2. The minimum Gasteiger partial charge on any atom is -0.355 e. The predicted octanol–water partition coefficient (Wildman–Crippen LogP) is 7.20. The first-order chi connectivity index (χ1) is 16.2. The first-order valence-corrected chi connectivity index (χ1v) is 12.7. The molecule has 5 aromatic rings. The molecule has 1 amide bonds. The number of hydrogen-bond acceptors (Lipinski definition) is 2. The lowest BCUT2D eigenvalue weighted by atomic mass is 10.0. The number of thioether (sulfide) groups is 1. The van der Waals surface area contributed by atoms with Crippen LogP contribution in [-0.2, 0) is 11.2 Å². The van der Waals surface area contributed by atoms with E-state index >= 15 is 0 Å². The van der Waals surface area contributed by atoms with Gasteiger partial charge in [-0.3, -0.25) is 4.79 Å². The fraction of sp³-hybridized carbons (Fsp3) is 0.107. The van der Waals surface area contributed by atoms with Gasteiger partial charge in [0, 0.05) is 32.6 Å². The van der Waals surface area contributed by atoms with Gasteiger partial charge in [-0.25, -0.2) is 0 Å². The number of amides is 1. The quantitative estimate of drug-likeness (QED) is 0.178. The van der Waals surface area contributed by atoms with E-state index in [0.717, 1.165) is 43.3 Å². The van der Waals surface area contributed by atoms with Crippen LogP contribution in [0.15, 0.2) is 100 Å². The number of aromatic nitrogens is 1. The molecule has 3 nitrogen and oxygen atoms in total. The Balaban J connectivity index is 1.26. The summed E-state index contributed by atoms with van der Waals surface area (Å²) >= 11 is 5.29. The van der Waals surface area contributed by atoms with Crippen molar-refractivity contribution in [1.29, 1.82) is 0 Å². The topological polar surface area (TPSA) is 44.9 Å². The van der Waals surface area contributed by atoms with Crippen LogP contribution in [0.1, 0.15) is 5.56 Å². The highest BCUT2D eigenvalue weighted by molar-refractivity contribution is 9.10. The van der Waals surface area contributed by atoms with Crippen molar-refractivity contribution in [3.63, 3.8) is 0 Å². The molecule has 0 radical (unpaired) electrons. The molecule has 1 heterocycles. The van der Waals surface area contributed by atoms with Crippen LogP contribution in [0.25, 0.3) is 32.9 Å². The molecule has 5 heteroatoms. The van der Waals surface area contributed by atoms with Crippen molar-refractivity contribution in [2.24, 2.45) is 0 Å². The molecule has 4 aromatic carbocycles. The van der Waals surface area contributed by atoms with Gasteiger partial charge in [-0.1, -0.05) is 88.7 Å². The molecule has 0 atom stereocenters. The van der Waals surface area contributed by atoms with Gasteiger partial charge in [0.2, 0.25) is 5.91 Å². The second kappa shape index (κ2) is 9.86. The molecule has 5 rings (SSSR count). The summed E-state index contributed by atoms with van der Waals surface area (Å²) in [6, 6.07) is 31.0. The summed E-state index contributed by atoms with van der Waals surface area (Å²) in [5.74, 6) is 0.853. The number of rotatable bonds is 7. The average molecular weight is 515 g/mol. The molecule has 164 valence electrons. The Bertz CT molecular complexity index is 1420. The summed E-state index contributed by atoms with van der Waals surface area (Å²) in [6.45, 7) is 0.619. The number of para-hydroxylation sites is 1. The molecule has 0 fully saturated rings. The van der Waals surface area contributed by atoms with E-state index in [9.17, 15) is 4.79 Å². The Morgan fingerprint density at radius 3 is 2.42 bits per heavy atom. The summed E-state index contributed by atoms with van der Waals surface area (Å²) in [7, 11) is 0. The van der Waals surface area contributed by atoms with Gasteiger partial charge in [0.15, 0.2) is 0 Å². The first kappa shape index (κ1) is 21.8. The zero-order chi connectivity index (χ0) is 22.6. The SMILES string of the molecule is O=C(Cc1cccc2ccccc12)NCCSc1c(-c2ccc(Br)cc2)[nH]c2ccccc12. The Morgan fingerprint density at radius 2 is 1.58 bits per heavy atom. The maximum Gasteiger partial charge on any atom is 0.224 e. The van der Waals surface area contributed by atoms with Crippen LogP contribution in [0.5, 0.6) is 0 Å². The molecule has 0 unspecified atom stereocenters. The van der Waals surface area contributed by atoms with Gasteiger partial charge in [-0.2, -0.15) is 0 Å². The lowest BCUT2D eigenvalue weighted by Crippen LogP contribution is -2.27. The first-order valence-electron chi connectivity index (χ1n) is 10.9. The second-order valence-corrected chi connectivity index (χ2v) is 9.92. The fourth-order valence-corrected chi connectivity index (χ4v) is 5.43. The largest absolute Gasteiger partial charge is 0.355 e. The van der Waals surface area contributed by atoms with Crippen molar-refractivity contribution in [3.05, 3.63) is 101 Å². The van der Waals surface area contributed by atoms with E-state index < -0.39 is 0 Å². The van der Waals surface area contributed by atoms with Crippen molar-refractivity contribution in [1.82, 2.24) is 10.3 Å². The lowest BCUT2D eigenvalue weighted by Gasteiger charge is -2.09. The van der Waals surface area contributed by atoms with E-state index in [1.54, 1.807) is 11.8 Å². The van der Waals surface area contributed by atoms with Gasteiger partial charge in [-0.15, -0.1) is 11.8 Å². The Kier molecular flexibility index (Phi) is 6.51. The highest BCUT2D eigenvalue weighted by Gasteiger charge is 2.14. The van der Waals surface area contributed by atoms with Gasteiger partial charge in [0.1, 0.15) is 0 Å². The molecule has 2 N–H and O–H groups in total. The molecule has 33 heavy (non-hydrogen) atoms. The molecule has 0 aliphatic carbocycles. The maximum absolute atomic E-state index is 12.6. The van der Waals surface area contributed by atoms with Crippen molar-refractivity contribution >= 4 is 55.3 Å². The van der Waals surface area contributed by atoms with Crippen LogP contribution in [0.4, 0.5) is 0 Å². The molecule has 0 bridgehead atoms. The van der Waals surface area contributed by atoms with Gasteiger partial charge in [0.05, 0.1) is 12.1 Å². The minimum absolute atomic E-state index is 0.0546. The highest BCUT2D eigenvalue weighted by atomic mass is 79.9. The van der Waals surface area contributed by atoms with Gasteiger partial charge in [0.25, 0.3) is 0 Å². The number of nitrogens with one attached hydrogen (secondary N) is 2.